The van der Waals surface area contributed by atoms with Crippen LogP contribution in [0.2, 0.25) is 0 Å². The third kappa shape index (κ3) is 3.35. The van der Waals surface area contributed by atoms with Crippen molar-refractivity contribution in [2.45, 2.75) is 19.4 Å². The molecule has 0 aliphatic carbocycles. The maximum absolute atomic E-state index is 12.3. The molecule has 0 saturated carbocycles. The van der Waals surface area contributed by atoms with E-state index in [0.717, 1.165) is 12.0 Å². The summed E-state index contributed by atoms with van der Waals surface area (Å²) in [7, 11) is 1.71. The Labute approximate surface area is 129 Å². The van der Waals surface area contributed by atoms with Crippen LogP contribution >= 0.6 is 0 Å². The molecular weight excluding hydrogens is 278 g/mol. The average Bonchev–Trinajstić information content (AvgIpc) is 2.93. The minimum atomic E-state index is -0.473. The van der Waals surface area contributed by atoms with Gasteiger partial charge in [0.2, 0.25) is 0 Å². The van der Waals surface area contributed by atoms with Crippen molar-refractivity contribution in [2.75, 3.05) is 6.61 Å². The quantitative estimate of drug-likeness (QED) is 0.885. The van der Waals surface area contributed by atoms with Gasteiger partial charge in [-0.2, -0.15) is 5.26 Å². The lowest BCUT2D eigenvalue weighted by Crippen LogP contribution is -2.31. The van der Waals surface area contributed by atoms with Gasteiger partial charge in [0.15, 0.2) is 0 Å². The van der Waals surface area contributed by atoms with E-state index < -0.39 is 6.04 Å². The Morgan fingerprint density at radius 1 is 1.41 bits per heavy atom. The predicted octanol–water partition coefficient (Wildman–Crippen LogP) is 1.92. The molecule has 5 heteroatoms. The van der Waals surface area contributed by atoms with Gasteiger partial charge in [-0.25, -0.2) is 0 Å². The first-order valence-corrected chi connectivity index (χ1v) is 7.16. The zero-order valence-corrected chi connectivity index (χ0v) is 12.7. The maximum atomic E-state index is 12.3. The molecule has 5 nitrogen and oxygen atoms in total. The van der Waals surface area contributed by atoms with Crippen LogP contribution in [0.5, 0.6) is 0 Å². The summed E-state index contributed by atoms with van der Waals surface area (Å²) in [5, 5.41) is 21.2. The standard InChI is InChI=1S/C17H19N3O2/c1-3-12-4-6-14(7-5-12)15(11-21)19-17(22)16-8-13(9-18)10-20(16)2/h4-8,10,15,21H,3,11H2,1-2H3,(H,19,22). The molecule has 1 aromatic carbocycles. The van der Waals surface area contributed by atoms with Crippen LogP contribution in [0.15, 0.2) is 36.5 Å². The monoisotopic (exact) mass is 297 g/mol. The molecule has 22 heavy (non-hydrogen) atoms. The molecule has 114 valence electrons. The molecule has 1 atom stereocenters. The first kappa shape index (κ1) is 15.8. The van der Waals surface area contributed by atoms with Gasteiger partial charge in [0.05, 0.1) is 18.2 Å². The zero-order chi connectivity index (χ0) is 16.1. The molecule has 0 saturated heterocycles. The number of amides is 1. The molecule has 1 aromatic heterocycles. The summed E-state index contributed by atoms with van der Waals surface area (Å²) >= 11 is 0. The lowest BCUT2D eigenvalue weighted by molar-refractivity contribution is 0.0908. The second kappa shape index (κ2) is 6.92. The van der Waals surface area contributed by atoms with E-state index in [9.17, 15) is 9.90 Å². The van der Waals surface area contributed by atoms with Gasteiger partial charge in [-0.1, -0.05) is 31.2 Å². The van der Waals surface area contributed by atoms with Crippen molar-refractivity contribution in [3.8, 4) is 6.07 Å². The highest BCUT2D eigenvalue weighted by molar-refractivity contribution is 5.93. The highest BCUT2D eigenvalue weighted by atomic mass is 16.3. The first-order chi connectivity index (χ1) is 10.6. The van der Waals surface area contributed by atoms with Crippen LogP contribution < -0.4 is 5.32 Å². The van der Waals surface area contributed by atoms with Crippen molar-refractivity contribution < 1.29 is 9.90 Å². The summed E-state index contributed by atoms with van der Waals surface area (Å²) in [6.07, 6.45) is 2.54. The topological polar surface area (TPSA) is 78.1 Å². The Balaban J connectivity index is 2.16. The summed E-state index contributed by atoms with van der Waals surface area (Å²) in [5.74, 6) is -0.317. The van der Waals surface area contributed by atoms with Gasteiger partial charge in [-0.15, -0.1) is 0 Å². The lowest BCUT2D eigenvalue weighted by atomic mass is 10.0. The van der Waals surface area contributed by atoms with E-state index >= 15 is 0 Å². The van der Waals surface area contributed by atoms with E-state index in [2.05, 4.69) is 12.2 Å². The van der Waals surface area contributed by atoms with E-state index in [1.807, 2.05) is 30.3 Å². The number of nitrogens with one attached hydrogen (secondary N) is 1. The Hall–Kier alpha value is -2.58. The Kier molecular flexibility index (Phi) is 4.97. The molecule has 0 fully saturated rings. The molecule has 1 heterocycles. The van der Waals surface area contributed by atoms with Crippen LogP contribution in [0, 0.1) is 11.3 Å². The number of carbonyl (C=O) groups is 1. The van der Waals surface area contributed by atoms with Crippen molar-refractivity contribution in [3.05, 3.63) is 58.9 Å². The Bertz CT molecular complexity index is 696. The van der Waals surface area contributed by atoms with Gasteiger partial charge in [-0.05, 0) is 23.6 Å². The van der Waals surface area contributed by atoms with Crippen molar-refractivity contribution >= 4 is 5.91 Å². The molecule has 2 aromatic rings. The van der Waals surface area contributed by atoms with Crippen LogP contribution in [0.3, 0.4) is 0 Å². The highest BCUT2D eigenvalue weighted by Crippen LogP contribution is 2.15. The number of aliphatic hydroxyl groups excluding tert-OH is 1. The third-order valence-electron chi connectivity index (χ3n) is 3.64. The number of aliphatic hydroxyl groups is 1. The summed E-state index contributed by atoms with van der Waals surface area (Å²) in [5.41, 5.74) is 2.87. The zero-order valence-electron chi connectivity index (χ0n) is 12.7. The lowest BCUT2D eigenvalue weighted by Gasteiger charge is -2.17. The van der Waals surface area contributed by atoms with E-state index in [0.29, 0.717) is 11.3 Å². The number of nitriles is 1. The molecule has 2 rings (SSSR count). The van der Waals surface area contributed by atoms with Gasteiger partial charge < -0.3 is 15.0 Å². The van der Waals surface area contributed by atoms with Gasteiger partial charge in [0.1, 0.15) is 11.8 Å². The smallest absolute Gasteiger partial charge is 0.268 e. The number of rotatable bonds is 5. The first-order valence-electron chi connectivity index (χ1n) is 7.16. The largest absolute Gasteiger partial charge is 0.394 e. The molecule has 2 N–H and O–H groups in total. The number of hydrogen-bond acceptors (Lipinski definition) is 3. The van der Waals surface area contributed by atoms with Crippen LogP contribution in [0.4, 0.5) is 0 Å². The van der Waals surface area contributed by atoms with Crippen molar-refractivity contribution in [3.63, 3.8) is 0 Å². The van der Waals surface area contributed by atoms with Gasteiger partial charge >= 0.3 is 0 Å². The average molecular weight is 297 g/mol. The van der Waals surface area contributed by atoms with Gasteiger partial charge in [-0.3, -0.25) is 4.79 Å². The molecule has 0 aliphatic rings. The minimum Gasteiger partial charge on any atom is -0.394 e. The summed E-state index contributed by atoms with van der Waals surface area (Å²) in [4.78, 5) is 12.3. The molecular formula is C17H19N3O2. The van der Waals surface area contributed by atoms with Gasteiger partial charge in [0, 0.05) is 13.2 Å². The Morgan fingerprint density at radius 3 is 2.59 bits per heavy atom. The predicted molar refractivity (Wildman–Crippen MR) is 83.2 cm³/mol. The van der Waals surface area contributed by atoms with E-state index in [1.54, 1.807) is 17.8 Å². The van der Waals surface area contributed by atoms with E-state index in [4.69, 9.17) is 5.26 Å². The Morgan fingerprint density at radius 2 is 2.09 bits per heavy atom. The maximum Gasteiger partial charge on any atom is 0.268 e. The molecule has 1 unspecified atom stereocenters. The number of benzene rings is 1. The number of hydrogen-bond donors (Lipinski definition) is 2. The number of aryl methyl sites for hydroxylation is 2. The SMILES string of the molecule is CCc1ccc(C(CO)NC(=O)c2cc(C#N)cn2C)cc1. The highest BCUT2D eigenvalue weighted by Gasteiger charge is 2.17. The fourth-order valence-corrected chi connectivity index (χ4v) is 2.30. The number of carbonyl (C=O) groups excluding carboxylic acids is 1. The second-order valence-electron chi connectivity index (χ2n) is 5.14. The molecule has 0 aliphatic heterocycles. The third-order valence-corrected chi connectivity index (χ3v) is 3.64. The normalized spacial score (nSPS) is 11.7. The van der Waals surface area contributed by atoms with Crippen molar-refractivity contribution in [2.24, 2.45) is 7.05 Å². The number of nitrogens with zero attached hydrogens (tertiary/aromatic N) is 2. The van der Waals surface area contributed by atoms with Crippen LogP contribution in [0.1, 0.15) is 40.1 Å². The summed E-state index contributed by atoms with van der Waals surface area (Å²) < 4.78 is 1.60. The fourth-order valence-electron chi connectivity index (χ4n) is 2.30. The van der Waals surface area contributed by atoms with Gasteiger partial charge in [0.25, 0.3) is 5.91 Å². The molecule has 0 radical (unpaired) electrons. The second-order valence-corrected chi connectivity index (χ2v) is 5.14. The molecule has 0 spiro atoms. The molecule has 1 amide bonds. The number of aromatic nitrogens is 1. The van der Waals surface area contributed by atoms with E-state index in [1.165, 1.54) is 11.6 Å². The van der Waals surface area contributed by atoms with Crippen LogP contribution in [-0.4, -0.2) is 22.2 Å². The summed E-state index contributed by atoms with van der Waals surface area (Å²) in [6, 6.07) is 10.9. The molecule has 0 bridgehead atoms. The van der Waals surface area contributed by atoms with Crippen LogP contribution in [-0.2, 0) is 13.5 Å². The van der Waals surface area contributed by atoms with Crippen LogP contribution in [0.25, 0.3) is 0 Å². The summed E-state index contributed by atoms with van der Waals surface area (Å²) in [6.45, 7) is 1.88. The fraction of sp³-hybridized carbons (Fsp3) is 0.294. The van der Waals surface area contributed by atoms with E-state index in [-0.39, 0.29) is 12.5 Å². The van der Waals surface area contributed by atoms with Crippen molar-refractivity contribution in [1.82, 2.24) is 9.88 Å². The van der Waals surface area contributed by atoms with Crippen molar-refractivity contribution in [1.29, 1.82) is 5.26 Å². The minimum absolute atomic E-state index is 0.188.